The Morgan fingerprint density at radius 1 is 0.917 bits per heavy atom. The lowest BCUT2D eigenvalue weighted by molar-refractivity contribution is -0.0756. The minimum atomic E-state index is -0.211. The van der Waals surface area contributed by atoms with Gasteiger partial charge in [0.05, 0.1) is 6.61 Å². The molecule has 0 aromatic heterocycles. The minimum Gasteiger partial charge on any atom is -0.465 e. The fourth-order valence-electron chi connectivity index (χ4n) is 2.96. The molecule has 0 saturated carbocycles. The molecule has 2 unspecified atom stereocenters. The molecule has 0 amide bonds. The number of hydrogen-bond acceptors (Lipinski definition) is 2. The van der Waals surface area contributed by atoms with Crippen LogP contribution in [-0.2, 0) is 4.74 Å². The summed E-state index contributed by atoms with van der Waals surface area (Å²) in [7, 11) is 0. The highest BCUT2D eigenvalue weighted by Crippen LogP contribution is 2.42. The number of ether oxygens (including phenoxy) is 2. The van der Waals surface area contributed by atoms with Gasteiger partial charge in [0, 0.05) is 0 Å². The molecule has 0 bridgehead atoms. The number of rotatable bonds is 10. The summed E-state index contributed by atoms with van der Waals surface area (Å²) in [5.41, 5.74) is 1.72. The Morgan fingerprint density at radius 3 is 1.96 bits per heavy atom. The molecule has 0 fully saturated rings. The zero-order chi connectivity index (χ0) is 18.3. The quantitative estimate of drug-likeness (QED) is 0.446. The molecule has 138 valence electrons. The van der Waals surface area contributed by atoms with Crippen LogP contribution in [0, 0.1) is 17.3 Å². The van der Waals surface area contributed by atoms with Gasteiger partial charge in [0.1, 0.15) is 5.75 Å². The lowest BCUT2D eigenvalue weighted by Crippen LogP contribution is -2.23. The number of hydrogen-bond donors (Lipinski definition) is 0. The van der Waals surface area contributed by atoms with Gasteiger partial charge >= 0.3 is 0 Å². The minimum absolute atomic E-state index is 0.211. The first kappa shape index (κ1) is 21.0. The summed E-state index contributed by atoms with van der Waals surface area (Å²) in [5.74, 6) is 2.67. The van der Waals surface area contributed by atoms with Crippen molar-refractivity contribution in [3.63, 3.8) is 0 Å². The largest absolute Gasteiger partial charge is 0.465 e. The molecule has 1 rings (SSSR count). The fraction of sp³-hybridized carbons (Fsp3) is 0.727. The van der Waals surface area contributed by atoms with Crippen molar-refractivity contribution in [3.05, 3.63) is 29.8 Å². The molecule has 2 heteroatoms. The predicted molar refractivity (Wildman–Crippen MR) is 104 cm³/mol. The van der Waals surface area contributed by atoms with Crippen LogP contribution in [0.3, 0.4) is 0 Å². The summed E-state index contributed by atoms with van der Waals surface area (Å²) in [6.07, 6.45) is 2.19. The highest BCUT2D eigenvalue weighted by molar-refractivity contribution is 5.30. The van der Waals surface area contributed by atoms with Crippen molar-refractivity contribution in [2.45, 2.75) is 80.4 Å². The van der Waals surface area contributed by atoms with Crippen LogP contribution in [0.4, 0.5) is 0 Å². The average Bonchev–Trinajstić information content (AvgIpc) is 2.51. The Morgan fingerprint density at radius 2 is 1.50 bits per heavy atom. The Hall–Kier alpha value is -1.02. The number of benzene rings is 1. The van der Waals surface area contributed by atoms with Crippen LogP contribution in [0.15, 0.2) is 24.3 Å². The van der Waals surface area contributed by atoms with Crippen LogP contribution >= 0.6 is 0 Å². The molecule has 0 radical (unpaired) electrons. The Kier molecular flexibility index (Phi) is 8.29. The summed E-state index contributed by atoms with van der Waals surface area (Å²) in [6.45, 7) is 18.6. The zero-order valence-corrected chi connectivity index (χ0v) is 17.1. The molecule has 24 heavy (non-hydrogen) atoms. The lowest BCUT2D eigenvalue weighted by Gasteiger charge is -2.35. The van der Waals surface area contributed by atoms with E-state index in [1.54, 1.807) is 0 Å². The van der Waals surface area contributed by atoms with Crippen LogP contribution in [0.1, 0.15) is 79.7 Å². The summed E-state index contributed by atoms with van der Waals surface area (Å²) < 4.78 is 11.6. The zero-order valence-electron chi connectivity index (χ0n) is 17.1. The van der Waals surface area contributed by atoms with Gasteiger partial charge < -0.3 is 9.47 Å². The van der Waals surface area contributed by atoms with Crippen molar-refractivity contribution >= 4 is 0 Å². The van der Waals surface area contributed by atoms with Gasteiger partial charge in [0.15, 0.2) is 6.29 Å². The molecule has 1 aromatic carbocycles. The molecular weight excluding hydrogens is 296 g/mol. The van der Waals surface area contributed by atoms with Crippen molar-refractivity contribution in [3.8, 4) is 5.75 Å². The maximum Gasteiger partial charge on any atom is 0.196 e. The molecule has 2 nitrogen and oxygen atoms in total. The maximum atomic E-state index is 5.87. The second kappa shape index (κ2) is 9.46. The van der Waals surface area contributed by atoms with E-state index in [0.717, 1.165) is 12.4 Å². The van der Waals surface area contributed by atoms with E-state index < -0.39 is 0 Å². The third-order valence-electron chi connectivity index (χ3n) is 4.81. The van der Waals surface area contributed by atoms with E-state index in [2.05, 4.69) is 72.7 Å². The molecule has 0 heterocycles. The smallest absolute Gasteiger partial charge is 0.196 e. The van der Waals surface area contributed by atoms with Crippen LogP contribution in [-0.4, -0.2) is 12.9 Å². The van der Waals surface area contributed by atoms with Crippen LogP contribution < -0.4 is 4.74 Å². The monoisotopic (exact) mass is 334 g/mol. The van der Waals surface area contributed by atoms with Gasteiger partial charge in [-0.25, -0.2) is 0 Å². The third-order valence-corrected chi connectivity index (χ3v) is 4.81. The second-order valence-electron chi connectivity index (χ2n) is 8.51. The molecule has 0 aliphatic carbocycles. The predicted octanol–water partition coefficient (Wildman–Crippen LogP) is 6.65. The summed E-state index contributed by atoms with van der Waals surface area (Å²) in [5, 5.41) is 0. The first-order chi connectivity index (χ1) is 11.2. The van der Waals surface area contributed by atoms with Gasteiger partial charge in [0.2, 0.25) is 0 Å². The summed E-state index contributed by atoms with van der Waals surface area (Å²) in [4.78, 5) is 0. The van der Waals surface area contributed by atoms with Gasteiger partial charge in [-0.1, -0.05) is 67.0 Å². The van der Waals surface area contributed by atoms with E-state index in [4.69, 9.17) is 9.47 Å². The van der Waals surface area contributed by atoms with Crippen molar-refractivity contribution in [1.29, 1.82) is 0 Å². The molecule has 0 N–H and O–H groups in total. The Labute approximate surface area is 149 Å². The van der Waals surface area contributed by atoms with Gasteiger partial charge in [-0.3, -0.25) is 0 Å². The molecule has 0 aliphatic heterocycles. The molecule has 0 aliphatic rings. The van der Waals surface area contributed by atoms with E-state index >= 15 is 0 Å². The van der Waals surface area contributed by atoms with Crippen LogP contribution in [0.5, 0.6) is 5.75 Å². The third kappa shape index (κ3) is 6.84. The van der Waals surface area contributed by atoms with Crippen LogP contribution in [0.25, 0.3) is 0 Å². The first-order valence-electron chi connectivity index (χ1n) is 9.54. The van der Waals surface area contributed by atoms with Gasteiger partial charge in [-0.15, -0.1) is 0 Å². The van der Waals surface area contributed by atoms with E-state index in [9.17, 15) is 0 Å². The highest BCUT2D eigenvalue weighted by Gasteiger charge is 2.29. The van der Waals surface area contributed by atoms with E-state index in [1.165, 1.54) is 18.4 Å². The topological polar surface area (TPSA) is 18.5 Å². The van der Waals surface area contributed by atoms with E-state index in [0.29, 0.717) is 23.2 Å². The van der Waals surface area contributed by atoms with Crippen molar-refractivity contribution in [1.82, 2.24) is 0 Å². The summed E-state index contributed by atoms with van der Waals surface area (Å²) >= 11 is 0. The van der Waals surface area contributed by atoms with Gasteiger partial charge in [-0.2, -0.15) is 0 Å². The lowest BCUT2D eigenvalue weighted by atomic mass is 9.70. The average molecular weight is 335 g/mol. The Bertz CT molecular complexity index is 459. The normalized spacial score (nSPS) is 14.9. The first-order valence-corrected chi connectivity index (χ1v) is 9.54. The van der Waals surface area contributed by atoms with Gasteiger partial charge in [-0.05, 0) is 54.2 Å². The highest BCUT2D eigenvalue weighted by atomic mass is 16.7. The van der Waals surface area contributed by atoms with Crippen molar-refractivity contribution in [2.24, 2.45) is 17.3 Å². The second-order valence-corrected chi connectivity index (χ2v) is 8.51. The van der Waals surface area contributed by atoms with Crippen molar-refractivity contribution in [2.75, 3.05) is 6.61 Å². The van der Waals surface area contributed by atoms with Gasteiger partial charge in [0.25, 0.3) is 0 Å². The maximum absolute atomic E-state index is 5.87. The molecule has 2 atom stereocenters. The molecule has 0 saturated heterocycles. The van der Waals surface area contributed by atoms with E-state index in [-0.39, 0.29) is 6.29 Å². The molecule has 0 spiro atoms. The molecule has 1 aromatic rings. The molecular formula is C22H38O2. The standard InChI is InChI=1S/C22H38O2/c1-9-22(7,8)21(14-16(2)3)19-10-12-20(13-11-19)24-18(6)23-15-17(4)5/h10-13,16-18,21H,9,14-15H2,1-8H3. The van der Waals surface area contributed by atoms with E-state index in [1.807, 2.05) is 6.92 Å². The SMILES string of the molecule is CCC(C)(C)C(CC(C)C)c1ccc(OC(C)OCC(C)C)cc1. The summed E-state index contributed by atoms with van der Waals surface area (Å²) in [6, 6.07) is 8.64. The fourth-order valence-corrected chi connectivity index (χ4v) is 2.96. The van der Waals surface area contributed by atoms with Crippen molar-refractivity contribution < 1.29 is 9.47 Å². The Balaban J connectivity index is 2.79. The van der Waals surface area contributed by atoms with Crippen LogP contribution in [0.2, 0.25) is 0 Å².